The molecule has 2 aliphatic rings. The Morgan fingerprint density at radius 2 is 1.64 bits per heavy atom. The second-order valence-electron chi connectivity index (χ2n) is 9.22. The number of benzene rings is 2. The van der Waals surface area contributed by atoms with Gasteiger partial charge in [0.25, 0.3) is 0 Å². The molecule has 3 aromatic rings. The molecule has 204 valence electrons. The van der Waals surface area contributed by atoms with Crippen molar-refractivity contribution in [3.05, 3.63) is 73.1 Å². The molecule has 0 unspecified atom stereocenters. The van der Waals surface area contributed by atoms with Crippen molar-refractivity contribution in [3.8, 4) is 0 Å². The number of hydrogen-bond donors (Lipinski definition) is 0. The van der Waals surface area contributed by atoms with Gasteiger partial charge in [-0.1, -0.05) is 51.2 Å². The van der Waals surface area contributed by atoms with E-state index in [1.165, 1.54) is 21.2 Å². The van der Waals surface area contributed by atoms with Gasteiger partial charge in [0.15, 0.2) is 0 Å². The van der Waals surface area contributed by atoms with Crippen LogP contribution in [0.3, 0.4) is 0 Å². The van der Waals surface area contributed by atoms with E-state index >= 15 is 0 Å². The second kappa shape index (κ2) is 11.3. The summed E-state index contributed by atoms with van der Waals surface area (Å²) >= 11 is 5.64. The molecule has 0 spiro atoms. The van der Waals surface area contributed by atoms with Crippen molar-refractivity contribution in [3.63, 3.8) is 0 Å². The summed E-state index contributed by atoms with van der Waals surface area (Å²) in [7, 11) is 0. The van der Waals surface area contributed by atoms with Crippen molar-refractivity contribution in [1.29, 1.82) is 0 Å². The number of carbonyl (C=O) groups is 3. The van der Waals surface area contributed by atoms with Crippen molar-refractivity contribution in [2.75, 3.05) is 29.5 Å². The Kier molecular flexibility index (Phi) is 8.02. The quantitative estimate of drug-likeness (QED) is 0.259. The summed E-state index contributed by atoms with van der Waals surface area (Å²) in [4.78, 5) is 57.1. The van der Waals surface area contributed by atoms with Crippen molar-refractivity contribution in [2.45, 2.75) is 43.5 Å². The number of anilines is 2. The van der Waals surface area contributed by atoms with Crippen LogP contribution >= 0.6 is 39.0 Å². The van der Waals surface area contributed by atoms with E-state index in [0.29, 0.717) is 15.6 Å². The molecule has 1 fully saturated rings. The van der Waals surface area contributed by atoms with Crippen LogP contribution in [-0.2, 0) is 25.7 Å². The van der Waals surface area contributed by atoms with Crippen molar-refractivity contribution in [1.82, 2.24) is 4.57 Å². The summed E-state index contributed by atoms with van der Waals surface area (Å²) in [6.45, 7) is 7.58. The highest BCUT2D eigenvalue weighted by Crippen LogP contribution is 2.54. The van der Waals surface area contributed by atoms with Crippen LogP contribution in [0.15, 0.2) is 62.8 Å². The molecule has 2 aliphatic heterocycles. The van der Waals surface area contributed by atoms with E-state index in [9.17, 15) is 19.2 Å². The maximum Gasteiger partial charge on any atom is 0.326 e. The van der Waals surface area contributed by atoms with Crippen LogP contribution in [0, 0.1) is 5.92 Å². The summed E-state index contributed by atoms with van der Waals surface area (Å²) in [5.74, 6) is -2.33. The van der Waals surface area contributed by atoms with Crippen LogP contribution in [0.4, 0.5) is 11.4 Å². The average Bonchev–Trinajstić information content (AvgIpc) is 3.37. The van der Waals surface area contributed by atoms with Gasteiger partial charge in [0.2, 0.25) is 11.8 Å². The molecule has 3 atom stereocenters. The van der Waals surface area contributed by atoms with Gasteiger partial charge < -0.3 is 9.64 Å². The Bertz CT molecular complexity index is 1460. The third-order valence-electron chi connectivity index (χ3n) is 7.11. The number of nitrogens with zero attached hydrogens (tertiary/aromatic N) is 3. The van der Waals surface area contributed by atoms with Crippen molar-refractivity contribution in [2.24, 2.45) is 5.92 Å². The van der Waals surface area contributed by atoms with Crippen LogP contribution < -0.4 is 14.7 Å². The molecule has 0 N–H and O–H groups in total. The lowest BCUT2D eigenvalue weighted by Gasteiger charge is -2.31. The summed E-state index contributed by atoms with van der Waals surface area (Å²) in [6.07, 6.45) is 0. The highest BCUT2D eigenvalue weighted by molar-refractivity contribution is 9.10. The number of esters is 1. The molecule has 8 nitrogen and oxygen atoms in total. The number of fused-ring (bicyclic) bond motifs is 2. The molecule has 2 amide bonds. The fourth-order valence-electron chi connectivity index (χ4n) is 5.28. The average molecular weight is 631 g/mol. The van der Waals surface area contributed by atoms with Gasteiger partial charge in [-0.05, 0) is 62.7 Å². The number of thioether (sulfide) groups is 1. The van der Waals surface area contributed by atoms with E-state index in [1.807, 2.05) is 24.3 Å². The molecule has 0 radical (unpaired) electrons. The number of rotatable bonds is 8. The first-order valence-corrected chi connectivity index (χ1v) is 15.3. The fraction of sp³-hybridized carbons (Fsp3) is 0.357. The molecule has 2 aromatic carbocycles. The number of imide groups is 1. The number of aromatic nitrogens is 1. The predicted molar refractivity (Wildman–Crippen MR) is 157 cm³/mol. The van der Waals surface area contributed by atoms with Crippen LogP contribution in [0.1, 0.15) is 37.1 Å². The minimum Gasteiger partial charge on any atom is -0.465 e. The van der Waals surface area contributed by atoms with E-state index in [4.69, 9.17) is 4.74 Å². The van der Waals surface area contributed by atoms with Gasteiger partial charge in [-0.2, -0.15) is 0 Å². The lowest BCUT2D eigenvalue weighted by molar-refractivity contribution is -0.144. The zero-order valence-electron chi connectivity index (χ0n) is 21.8. The van der Waals surface area contributed by atoms with Crippen LogP contribution in [0.25, 0.3) is 0 Å². The molecule has 5 rings (SSSR count). The molecule has 1 aromatic heterocycles. The third-order valence-corrected chi connectivity index (χ3v) is 10.2. The second-order valence-corrected chi connectivity index (χ2v) is 12.3. The van der Waals surface area contributed by atoms with Gasteiger partial charge in [0, 0.05) is 34.0 Å². The molecule has 39 heavy (non-hydrogen) atoms. The first kappa shape index (κ1) is 27.7. The van der Waals surface area contributed by atoms with Gasteiger partial charge in [-0.25, -0.2) is 4.90 Å². The molecular weight excluding hydrogens is 602 g/mol. The van der Waals surface area contributed by atoms with Crippen LogP contribution in [0.2, 0.25) is 0 Å². The minimum atomic E-state index is -0.733. The van der Waals surface area contributed by atoms with Gasteiger partial charge in [-0.15, -0.1) is 0 Å². The van der Waals surface area contributed by atoms with E-state index in [1.54, 1.807) is 31.2 Å². The highest BCUT2D eigenvalue weighted by atomic mass is 79.9. The van der Waals surface area contributed by atoms with Crippen molar-refractivity contribution >= 4 is 68.2 Å². The Morgan fingerprint density at radius 1 is 0.974 bits per heavy atom. The van der Waals surface area contributed by atoms with E-state index in [2.05, 4.69) is 34.7 Å². The predicted octanol–water partition coefficient (Wildman–Crippen LogP) is 4.88. The molecule has 11 heteroatoms. The molecule has 0 bridgehead atoms. The van der Waals surface area contributed by atoms with Gasteiger partial charge >= 0.3 is 10.8 Å². The first-order chi connectivity index (χ1) is 18.8. The maximum atomic E-state index is 14.0. The standard InChI is InChI=1S/C28H28BrN3O5S2/c1-4-30(5-2)18-11-7-16(8-12-18)21-22-23(26(35)32(25(22)34)19-13-9-17(29)10-14-19)38-27-24(21)39-28(36)31(27)15-20(33)37-6-3/h7-14,21-23H,4-6,15H2,1-3H3/t21-,22-,23+/m0/s1. The highest BCUT2D eigenvalue weighted by Gasteiger charge is 2.56. The molecule has 1 saturated heterocycles. The Labute approximate surface area is 243 Å². The van der Waals surface area contributed by atoms with Gasteiger partial charge in [0.05, 0.1) is 23.2 Å². The third kappa shape index (κ3) is 4.96. The lowest BCUT2D eigenvalue weighted by Crippen LogP contribution is -2.32. The SMILES string of the molecule is CCOC(=O)Cn1c2c(sc1=O)[C@@H](c1ccc(N(CC)CC)cc1)[C@@H]1C(=O)N(c3ccc(Br)cc3)C(=O)[C@@H]1S2. The number of halogens is 1. The zero-order valence-corrected chi connectivity index (χ0v) is 25.0. The zero-order chi connectivity index (χ0) is 27.8. The normalized spacial score (nSPS) is 20.1. The first-order valence-electron chi connectivity index (χ1n) is 12.8. The summed E-state index contributed by atoms with van der Waals surface area (Å²) < 4.78 is 7.32. The molecule has 0 aliphatic carbocycles. The van der Waals surface area contributed by atoms with E-state index in [-0.39, 0.29) is 29.8 Å². The van der Waals surface area contributed by atoms with Gasteiger partial charge in [0.1, 0.15) is 11.8 Å². The molecular formula is C28H28BrN3O5S2. The van der Waals surface area contributed by atoms with Crippen LogP contribution in [-0.4, -0.2) is 47.3 Å². The van der Waals surface area contributed by atoms with Crippen molar-refractivity contribution < 1.29 is 19.1 Å². The Balaban J connectivity index is 1.62. The van der Waals surface area contributed by atoms with E-state index in [0.717, 1.165) is 40.1 Å². The number of carbonyl (C=O) groups excluding carboxylic acids is 3. The van der Waals surface area contributed by atoms with Gasteiger partial charge in [-0.3, -0.25) is 23.7 Å². The summed E-state index contributed by atoms with van der Waals surface area (Å²) in [5, 5.41) is -0.181. The largest absolute Gasteiger partial charge is 0.465 e. The Hall–Kier alpha value is -2.89. The lowest BCUT2D eigenvalue weighted by atomic mass is 9.83. The molecule has 3 heterocycles. The molecule has 0 saturated carbocycles. The van der Waals surface area contributed by atoms with Crippen LogP contribution in [0.5, 0.6) is 0 Å². The number of ether oxygens (including phenoxy) is 1. The minimum absolute atomic E-state index is 0.203. The van der Waals surface area contributed by atoms with E-state index < -0.39 is 23.1 Å². The smallest absolute Gasteiger partial charge is 0.326 e. The fourth-order valence-corrected chi connectivity index (χ4v) is 8.31. The number of hydrogen-bond acceptors (Lipinski definition) is 8. The topological polar surface area (TPSA) is 88.9 Å². The number of thiazole rings is 1. The summed E-state index contributed by atoms with van der Waals surface area (Å²) in [6, 6.07) is 15.1. The monoisotopic (exact) mass is 629 g/mol. The maximum absolute atomic E-state index is 14.0. The summed E-state index contributed by atoms with van der Waals surface area (Å²) in [5.41, 5.74) is 2.42. The number of amides is 2. The Morgan fingerprint density at radius 3 is 2.26 bits per heavy atom.